The number of carboxylic acids is 1. The summed E-state index contributed by atoms with van der Waals surface area (Å²) in [6.45, 7) is 4.11. The smallest absolute Gasteiger partial charge is 0.281 e. The summed E-state index contributed by atoms with van der Waals surface area (Å²) in [5.74, 6) is 0.0640. The van der Waals surface area contributed by atoms with Crippen molar-refractivity contribution in [3.63, 3.8) is 0 Å². The topological polar surface area (TPSA) is 97.5 Å². The largest absolute Gasteiger partial charge is 0.544 e. The van der Waals surface area contributed by atoms with E-state index in [-0.39, 0.29) is 10.1 Å². The molecule has 0 radical (unpaired) electrons. The highest BCUT2D eigenvalue weighted by Gasteiger charge is 2.13. The van der Waals surface area contributed by atoms with Gasteiger partial charge in [0.05, 0.1) is 19.7 Å². The number of thioether (sulfide) groups is 1. The van der Waals surface area contributed by atoms with Crippen molar-refractivity contribution in [2.24, 2.45) is 0 Å². The molecule has 2 rings (SSSR count). The lowest BCUT2D eigenvalue weighted by Gasteiger charge is -2.13. The van der Waals surface area contributed by atoms with E-state index in [2.05, 4.69) is 10.2 Å². The number of aromatic nitrogens is 2. The van der Waals surface area contributed by atoms with Crippen LogP contribution in [0.4, 0.5) is 0 Å². The number of nitrogens with zero attached hydrogens (tertiary/aromatic N) is 2. The molecule has 2 aromatic rings. The Morgan fingerprint density at radius 1 is 1.38 bits per heavy atom. The van der Waals surface area contributed by atoms with E-state index in [0.29, 0.717) is 36.0 Å². The normalized spacial score (nSPS) is 11.4. The number of hydrogen-bond acceptors (Lipinski definition) is 8. The van der Waals surface area contributed by atoms with E-state index in [1.165, 1.54) is 13.2 Å². The molecule has 1 heterocycles. The second kappa shape index (κ2) is 8.39. The number of aryl methyl sites for hydroxylation is 1. The van der Waals surface area contributed by atoms with Gasteiger partial charge in [-0.25, -0.2) is 0 Å². The molecule has 0 fully saturated rings. The molecule has 1 aromatic heterocycles. The minimum Gasteiger partial charge on any atom is -0.544 e. The first-order chi connectivity index (χ1) is 11.6. The SMILES string of the molecule is CCOc1c(/C=C(\Sc2nnc(CC)o2)C(=O)[O-])cccc1OC. The number of carbonyl (C=O) groups is 1. The molecule has 0 aliphatic carbocycles. The Morgan fingerprint density at radius 2 is 2.17 bits per heavy atom. The Hall–Kier alpha value is -2.48. The molecule has 24 heavy (non-hydrogen) atoms. The Labute approximate surface area is 143 Å². The van der Waals surface area contributed by atoms with Gasteiger partial charge in [0.15, 0.2) is 11.5 Å². The summed E-state index contributed by atoms with van der Waals surface area (Å²) in [4.78, 5) is 11.4. The molecule has 0 aliphatic heterocycles. The highest BCUT2D eigenvalue weighted by molar-refractivity contribution is 8.03. The van der Waals surface area contributed by atoms with Gasteiger partial charge in [-0.3, -0.25) is 0 Å². The predicted octanol–water partition coefficient (Wildman–Crippen LogP) is 1.92. The molecule has 7 nitrogen and oxygen atoms in total. The van der Waals surface area contributed by atoms with Gasteiger partial charge in [-0.1, -0.05) is 19.1 Å². The zero-order chi connectivity index (χ0) is 17.5. The van der Waals surface area contributed by atoms with Gasteiger partial charge in [0, 0.05) is 16.9 Å². The van der Waals surface area contributed by atoms with Crippen LogP contribution in [0.2, 0.25) is 0 Å². The summed E-state index contributed by atoms with van der Waals surface area (Å²) in [6, 6.07) is 5.20. The monoisotopic (exact) mass is 349 g/mol. The van der Waals surface area contributed by atoms with E-state index in [1.807, 2.05) is 13.8 Å². The van der Waals surface area contributed by atoms with Crippen molar-refractivity contribution in [2.45, 2.75) is 25.5 Å². The van der Waals surface area contributed by atoms with Gasteiger partial charge in [-0.15, -0.1) is 10.2 Å². The van der Waals surface area contributed by atoms with Gasteiger partial charge in [-0.2, -0.15) is 0 Å². The van der Waals surface area contributed by atoms with E-state index in [9.17, 15) is 9.90 Å². The molecular formula is C16H17N2O5S-. The fourth-order valence-corrected chi connectivity index (χ4v) is 2.57. The average Bonchev–Trinajstić information content (AvgIpc) is 3.03. The number of benzene rings is 1. The molecule has 0 unspecified atom stereocenters. The molecule has 0 bridgehead atoms. The number of hydrogen-bond donors (Lipinski definition) is 0. The molecule has 0 spiro atoms. The number of aliphatic carboxylic acids is 1. The minimum absolute atomic E-state index is 0.0736. The number of rotatable bonds is 8. The molecule has 0 N–H and O–H groups in total. The number of ether oxygens (including phenoxy) is 2. The van der Waals surface area contributed by atoms with Gasteiger partial charge in [0.1, 0.15) is 0 Å². The minimum atomic E-state index is -1.35. The zero-order valence-electron chi connectivity index (χ0n) is 13.6. The van der Waals surface area contributed by atoms with Crippen molar-refractivity contribution in [2.75, 3.05) is 13.7 Å². The van der Waals surface area contributed by atoms with Crippen LogP contribution in [0, 0.1) is 0 Å². The van der Waals surface area contributed by atoms with E-state index < -0.39 is 5.97 Å². The second-order valence-corrected chi connectivity index (χ2v) is 5.52. The molecule has 0 aliphatic rings. The van der Waals surface area contributed by atoms with Crippen LogP contribution in [0.1, 0.15) is 25.3 Å². The molecule has 128 valence electrons. The van der Waals surface area contributed by atoms with Crippen LogP contribution in [-0.4, -0.2) is 29.9 Å². The summed E-state index contributed by atoms with van der Waals surface area (Å²) in [5.41, 5.74) is 0.554. The van der Waals surface area contributed by atoms with Gasteiger partial charge < -0.3 is 23.8 Å². The molecule has 0 amide bonds. The first-order valence-corrected chi connectivity index (χ1v) is 8.13. The number of methoxy groups -OCH3 is 1. The molecule has 8 heteroatoms. The first kappa shape index (κ1) is 17.9. The summed E-state index contributed by atoms with van der Waals surface area (Å²) < 4.78 is 16.1. The van der Waals surface area contributed by atoms with Gasteiger partial charge in [-0.05, 0) is 30.8 Å². The molecule has 0 saturated heterocycles. The maximum Gasteiger partial charge on any atom is 0.281 e. The molecule has 1 aromatic carbocycles. The summed E-state index contributed by atoms with van der Waals surface area (Å²) in [6.07, 6.45) is 2.01. The Bertz CT molecular complexity index is 742. The standard InChI is InChI=1S/C16H18N2O5S/c1-4-13-17-18-16(23-13)24-12(15(19)20)9-10-7-6-8-11(21-3)14(10)22-5-2/h6-9H,4-5H2,1-3H3,(H,19,20)/p-1/b12-9-. The van der Waals surface area contributed by atoms with Crippen molar-refractivity contribution >= 4 is 23.8 Å². The number of para-hydroxylation sites is 1. The first-order valence-electron chi connectivity index (χ1n) is 7.32. The van der Waals surface area contributed by atoms with Crippen molar-refractivity contribution < 1.29 is 23.8 Å². The summed E-state index contributed by atoms with van der Waals surface area (Å²) in [5, 5.41) is 19.2. The van der Waals surface area contributed by atoms with Crippen molar-refractivity contribution in [1.29, 1.82) is 0 Å². The van der Waals surface area contributed by atoms with Crippen molar-refractivity contribution in [1.82, 2.24) is 10.2 Å². The van der Waals surface area contributed by atoms with Gasteiger partial charge >= 0.3 is 0 Å². The van der Waals surface area contributed by atoms with E-state index >= 15 is 0 Å². The lowest BCUT2D eigenvalue weighted by atomic mass is 10.1. The third-order valence-corrected chi connectivity index (χ3v) is 3.80. The quantitative estimate of drug-likeness (QED) is 0.527. The van der Waals surface area contributed by atoms with Crippen LogP contribution in [0.25, 0.3) is 6.08 Å². The van der Waals surface area contributed by atoms with Gasteiger partial charge in [0.25, 0.3) is 5.22 Å². The average molecular weight is 349 g/mol. The fourth-order valence-electron chi connectivity index (χ4n) is 1.89. The fraction of sp³-hybridized carbons (Fsp3) is 0.312. The van der Waals surface area contributed by atoms with E-state index in [4.69, 9.17) is 13.9 Å². The Morgan fingerprint density at radius 3 is 2.75 bits per heavy atom. The lowest BCUT2D eigenvalue weighted by molar-refractivity contribution is -0.298. The highest BCUT2D eigenvalue weighted by atomic mass is 32.2. The van der Waals surface area contributed by atoms with E-state index in [1.54, 1.807) is 18.2 Å². The van der Waals surface area contributed by atoms with Crippen LogP contribution in [-0.2, 0) is 11.2 Å². The van der Waals surface area contributed by atoms with Crippen molar-refractivity contribution in [3.05, 3.63) is 34.6 Å². The molecule has 0 atom stereocenters. The van der Waals surface area contributed by atoms with Crippen LogP contribution >= 0.6 is 11.8 Å². The molecule has 0 saturated carbocycles. The third kappa shape index (κ3) is 4.29. The maximum atomic E-state index is 11.4. The Kier molecular flexibility index (Phi) is 6.25. The van der Waals surface area contributed by atoms with Crippen LogP contribution in [0.3, 0.4) is 0 Å². The maximum absolute atomic E-state index is 11.4. The molecular weight excluding hydrogens is 332 g/mol. The number of carbonyl (C=O) groups excluding carboxylic acids is 1. The zero-order valence-corrected chi connectivity index (χ0v) is 14.4. The van der Waals surface area contributed by atoms with Crippen LogP contribution in [0.5, 0.6) is 11.5 Å². The van der Waals surface area contributed by atoms with Gasteiger partial charge in [0.2, 0.25) is 5.89 Å². The highest BCUT2D eigenvalue weighted by Crippen LogP contribution is 2.35. The second-order valence-electron chi connectivity index (χ2n) is 4.53. The number of carboxylic acid groups (broad SMARTS) is 1. The summed E-state index contributed by atoms with van der Waals surface area (Å²) >= 11 is 0.831. The predicted molar refractivity (Wildman–Crippen MR) is 86.7 cm³/mol. The lowest BCUT2D eigenvalue weighted by Crippen LogP contribution is -2.23. The van der Waals surface area contributed by atoms with E-state index in [0.717, 1.165) is 11.8 Å². The van der Waals surface area contributed by atoms with Crippen LogP contribution < -0.4 is 14.6 Å². The third-order valence-electron chi connectivity index (χ3n) is 2.95. The van der Waals surface area contributed by atoms with Crippen LogP contribution in [0.15, 0.2) is 32.7 Å². The van der Waals surface area contributed by atoms with Crippen molar-refractivity contribution in [3.8, 4) is 11.5 Å². The Balaban J connectivity index is 2.38. The summed E-state index contributed by atoms with van der Waals surface area (Å²) in [7, 11) is 1.52.